The number of rotatable bonds is 3. The molecule has 2 aromatic rings. The third kappa shape index (κ3) is 4.25. The van der Waals surface area contributed by atoms with Crippen LogP contribution in [-0.2, 0) is 10.2 Å². The van der Waals surface area contributed by atoms with E-state index in [1.807, 2.05) is 0 Å². The van der Waals surface area contributed by atoms with E-state index in [-0.39, 0.29) is 73.5 Å². The van der Waals surface area contributed by atoms with Crippen LogP contribution in [0.4, 0.5) is 0 Å². The van der Waals surface area contributed by atoms with Gasteiger partial charge in [-0.15, -0.1) is 0 Å². The Labute approximate surface area is 170 Å². The van der Waals surface area contributed by atoms with Crippen molar-refractivity contribution in [1.29, 1.82) is 0 Å². The summed E-state index contributed by atoms with van der Waals surface area (Å²) in [6.07, 6.45) is 0. The molecule has 4 nitrogen and oxygen atoms in total. The quantitative estimate of drug-likeness (QED) is 0.520. The van der Waals surface area contributed by atoms with Gasteiger partial charge in [0.25, 0.3) is 0 Å². The van der Waals surface area contributed by atoms with Gasteiger partial charge in [0.15, 0.2) is 0 Å². The predicted molar refractivity (Wildman–Crippen MR) is 72.5 cm³/mol. The third-order valence-corrected chi connectivity index (χ3v) is 3.32. The maximum absolute atomic E-state index is 11.7. The summed E-state index contributed by atoms with van der Waals surface area (Å²) in [7, 11) is 0. The molecule has 102 valence electrons. The van der Waals surface area contributed by atoms with E-state index in [0.717, 1.165) is 0 Å². The average Bonchev–Trinajstić information content (AvgIpc) is 2.39. The van der Waals surface area contributed by atoms with Crippen LogP contribution >= 0.6 is 0 Å². The van der Waals surface area contributed by atoms with Crippen LogP contribution in [0, 0.1) is 0 Å². The second-order valence-electron chi connectivity index (χ2n) is 4.52. The summed E-state index contributed by atoms with van der Waals surface area (Å²) in [6, 6.07) is 12.1. The van der Waals surface area contributed by atoms with Gasteiger partial charge in [-0.3, -0.25) is 4.79 Å². The Balaban J connectivity index is -0.000001000. The van der Waals surface area contributed by atoms with Crippen molar-refractivity contribution < 1.29 is 82.1 Å². The summed E-state index contributed by atoms with van der Waals surface area (Å²) in [5.74, 6) is -0.826. The summed E-state index contributed by atoms with van der Waals surface area (Å²) in [6.45, 7) is 1.59. The molecule has 0 radical (unpaired) electrons. The first-order valence-corrected chi connectivity index (χ1v) is 5.77. The molecule has 0 aromatic heterocycles. The number of carboxylic acid groups (broad SMARTS) is 1. The van der Waals surface area contributed by atoms with Crippen LogP contribution in [-0.4, -0.2) is 21.3 Å². The molecule has 0 aliphatic heterocycles. The Hall–Kier alpha value is -0.490. The molecule has 0 amide bonds. The minimum absolute atomic E-state index is 0. The number of hydrogen-bond acceptors (Lipinski definition) is 3. The third-order valence-electron chi connectivity index (χ3n) is 3.32. The zero-order valence-corrected chi connectivity index (χ0v) is 16.4. The summed E-state index contributed by atoms with van der Waals surface area (Å²) in [5.41, 5.74) is -0.117. The first kappa shape index (κ1) is 20.5. The van der Waals surface area contributed by atoms with Crippen molar-refractivity contribution in [2.75, 3.05) is 0 Å². The second kappa shape index (κ2) is 8.22. The number of aromatic hydroxyl groups is 2. The molecule has 2 rings (SSSR count). The fourth-order valence-electron chi connectivity index (χ4n) is 2.00. The molecule has 0 spiro atoms. The van der Waals surface area contributed by atoms with E-state index >= 15 is 0 Å². The minimum Gasteiger partial charge on any atom is -1.00 e. The number of carboxylic acids is 1. The van der Waals surface area contributed by atoms with Crippen LogP contribution in [0.2, 0.25) is 0 Å². The Bertz CT molecular complexity index is 558. The molecule has 21 heavy (non-hydrogen) atoms. The second-order valence-corrected chi connectivity index (χ2v) is 4.52. The molecule has 0 saturated heterocycles. The van der Waals surface area contributed by atoms with E-state index in [0.29, 0.717) is 11.1 Å². The molecule has 0 aliphatic rings. The average molecular weight is 306 g/mol. The number of phenolic OH excluding ortho intramolecular Hbond substituents is 2. The molecule has 0 heterocycles. The van der Waals surface area contributed by atoms with E-state index in [9.17, 15) is 20.1 Å². The molecular weight excluding hydrogens is 290 g/mol. The number of phenols is 2. The smallest absolute Gasteiger partial charge is 1.00 e. The van der Waals surface area contributed by atoms with E-state index in [2.05, 4.69) is 0 Å². The van der Waals surface area contributed by atoms with Gasteiger partial charge >= 0.3 is 65.1 Å². The molecule has 0 fully saturated rings. The van der Waals surface area contributed by atoms with Crippen LogP contribution in [0.5, 0.6) is 11.5 Å². The topological polar surface area (TPSA) is 77.8 Å². The van der Waals surface area contributed by atoms with Crippen molar-refractivity contribution in [2.45, 2.75) is 12.3 Å². The Morgan fingerprint density at radius 3 is 1.38 bits per heavy atom. The summed E-state index contributed by atoms with van der Waals surface area (Å²) in [4.78, 5) is 11.7. The monoisotopic (exact) mass is 306 g/mol. The van der Waals surface area contributed by atoms with Crippen LogP contribution in [0.25, 0.3) is 0 Å². The van der Waals surface area contributed by atoms with Gasteiger partial charge in [-0.25, -0.2) is 0 Å². The molecule has 3 N–H and O–H groups in total. The van der Waals surface area contributed by atoms with E-state index in [4.69, 9.17) is 0 Å². The van der Waals surface area contributed by atoms with E-state index in [1.165, 1.54) is 24.3 Å². The van der Waals surface area contributed by atoms with Gasteiger partial charge < -0.3 is 18.2 Å². The standard InChI is InChI=1S/C15H14O4.2Na.2H/c1-15(14(18)19,10-2-6-12(16)7-3-10)11-4-8-13(17)9-5-11;;;;/h2-9,16-17H,1H3,(H,18,19);;;;/q;2*+1;2*-1. The van der Waals surface area contributed by atoms with Crippen molar-refractivity contribution in [3.05, 3.63) is 59.7 Å². The van der Waals surface area contributed by atoms with Crippen LogP contribution in [0.15, 0.2) is 48.5 Å². The zero-order valence-electron chi connectivity index (χ0n) is 14.4. The van der Waals surface area contributed by atoms with Gasteiger partial charge in [0.1, 0.15) is 16.9 Å². The van der Waals surface area contributed by atoms with Gasteiger partial charge in [0.05, 0.1) is 0 Å². The Morgan fingerprint density at radius 2 is 1.14 bits per heavy atom. The largest absolute Gasteiger partial charge is 1.00 e. The van der Waals surface area contributed by atoms with Gasteiger partial charge in [0.2, 0.25) is 0 Å². The van der Waals surface area contributed by atoms with Crippen LogP contribution < -0.4 is 59.1 Å². The van der Waals surface area contributed by atoms with Crippen LogP contribution in [0.3, 0.4) is 0 Å². The van der Waals surface area contributed by atoms with Gasteiger partial charge in [-0.05, 0) is 42.3 Å². The molecule has 6 heteroatoms. The predicted octanol–water partition coefficient (Wildman–Crippen LogP) is -3.28. The molecular formula is C15H16Na2O4. The summed E-state index contributed by atoms with van der Waals surface area (Å²) >= 11 is 0. The molecule has 2 aromatic carbocycles. The number of carbonyl (C=O) groups is 1. The fourth-order valence-corrected chi connectivity index (χ4v) is 2.00. The number of aliphatic carboxylic acids is 1. The zero-order chi connectivity index (χ0) is 14.0. The van der Waals surface area contributed by atoms with E-state index < -0.39 is 11.4 Å². The first-order valence-electron chi connectivity index (χ1n) is 5.77. The fraction of sp³-hybridized carbons (Fsp3) is 0.133. The van der Waals surface area contributed by atoms with Crippen molar-refractivity contribution in [1.82, 2.24) is 0 Å². The minimum atomic E-state index is -1.23. The van der Waals surface area contributed by atoms with Gasteiger partial charge in [-0.2, -0.15) is 0 Å². The number of benzene rings is 2. The van der Waals surface area contributed by atoms with Gasteiger partial charge in [-0.1, -0.05) is 24.3 Å². The van der Waals surface area contributed by atoms with Crippen molar-refractivity contribution in [3.63, 3.8) is 0 Å². The maximum atomic E-state index is 11.7. The number of hydrogen-bond donors (Lipinski definition) is 3. The van der Waals surface area contributed by atoms with Crippen LogP contribution in [0.1, 0.15) is 20.9 Å². The SMILES string of the molecule is CC(C(=O)O)(c1ccc(O)cc1)c1ccc(O)cc1.[H-].[H-].[Na+].[Na+]. The van der Waals surface area contributed by atoms with E-state index in [1.54, 1.807) is 31.2 Å². The Kier molecular flexibility index (Phi) is 8.03. The van der Waals surface area contributed by atoms with Crippen molar-refractivity contribution in [3.8, 4) is 11.5 Å². The molecule has 0 unspecified atom stereocenters. The maximum Gasteiger partial charge on any atom is 1.00 e. The molecule has 0 saturated carbocycles. The molecule has 0 atom stereocenters. The van der Waals surface area contributed by atoms with Crippen molar-refractivity contribution >= 4 is 5.97 Å². The normalized spacial score (nSPS) is 10.1. The van der Waals surface area contributed by atoms with Crippen molar-refractivity contribution in [2.24, 2.45) is 0 Å². The molecule has 0 aliphatic carbocycles. The van der Waals surface area contributed by atoms with Gasteiger partial charge in [0, 0.05) is 0 Å². The molecule has 0 bridgehead atoms. The summed E-state index contributed by atoms with van der Waals surface area (Å²) in [5, 5.41) is 28.1. The summed E-state index contributed by atoms with van der Waals surface area (Å²) < 4.78 is 0. The Morgan fingerprint density at radius 1 is 0.857 bits per heavy atom. The first-order chi connectivity index (χ1) is 8.94.